The molecule has 0 saturated carbocycles. The molecule has 1 aromatic rings. The van der Waals surface area contributed by atoms with E-state index in [1.807, 2.05) is 0 Å². The van der Waals surface area contributed by atoms with Crippen molar-refractivity contribution in [2.75, 3.05) is 0 Å². The summed E-state index contributed by atoms with van der Waals surface area (Å²) < 4.78 is 40.4. The van der Waals surface area contributed by atoms with Crippen molar-refractivity contribution in [3.8, 4) is 5.75 Å². The molecule has 0 aromatic heterocycles. The average molecular weight is 277 g/mol. The minimum absolute atomic E-state index is 0.0608. The first kappa shape index (κ1) is 14.8. The van der Waals surface area contributed by atoms with Crippen molar-refractivity contribution in [2.24, 2.45) is 0 Å². The molecule has 104 valence electrons. The monoisotopic (exact) mass is 277 g/mol. The lowest BCUT2D eigenvalue weighted by atomic mass is 10.0. The highest BCUT2D eigenvalue weighted by Crippen LogP contribution is 2.31. The molecule has 0 saturated heterocycles. The molecule has 0 spiro atoms. The fourth-order valence-electron chi connectivity index (χ4n) is 1.50. The van der Waals surface area contributed by atoms with E-state index in [2.05, 4.69) is 10.1 Å². The maximum absolute atomic E-state index is 12.2. The number of para-hydroxylation sites is 1. The smallest absolute Gasteiger partial charge is 0.481 e. The predicted octanol–water partition coefficient (Wildman–Crippen LogP) is 1.85. The molecule has 0 heterocycles. The van der Waals surface area contributed by atoms with Crippen LogP contribution in [-0.4, -0.2) is 23.8 Å². The van der Waals surface area contributed by atoms with E-state index in [0.717, 1.165) is 6.07 Å². The van der Waals surface area contributed by atoms with Gasteiger partial charge in [0.1, 0.15) is 5.75 Å². The van der Waals surface area contributed by atoms with Crippen LogP contribution in [0.5, 0.6) is 5.75 Å². The molecule has 0 radical (unpaired) electrons. The van der Waals surface area contributed by atoms with Crippen LogP contribution in [0.15, 0.2) is 24.3 Å². The van der Waals surface area contributed by atoms with Gasteiger partial charge >= 0.3 is 12.3 Å². The molecule has 5 nitrogen and oxygen atoms in total. The van der Waals surface area contributed by atoms with Gasteiger partial charge in [-0.25, -0.2) is 0 Å². The highest BCUT2D eigenvalue weighted by molar-refractivity contribution is 5.69. The number of amides is 1. The van der Waals surface area contributed by atoms with Gasteiger partial charge in [0.25, 0.3) is 0 Å². The Morgan fingerprint density at radius 3 is 2.58 bits per heavy atom. The molecule has 0 aliphatic rings. The molecular weight excluding hydrogens is 267 g/mol. The molecule has 0 aliphatic carbocycles. The maximum Gasteiger partial charge on any atom is 0.573 e. The lowest BCUT2D eigenvalue weighted by Gasteiger charge is -2.19. The second kappa shape index (κ2) is 6.07. The summed E-state index contributed by atoms with van der Waals surface area (Å²) in [6.45, 7) is 0. The zero-order chi connectivity index (χ0) is 14.5. The predicted molar refractivity (Wildman–Crippen MR) is 57.3 cm³/mol. The molecule has 0 fully saturated rings. The van der Waals surface area contributed by atoms with Crippen molar-refractivity contribution in [3.63, 3.8) is 0 Å². The highest BCUT2D eigenvalue weighted by atomic mass is 19.4. The van der Waals surface area contributed by atoms with E-state index in [1.165, 1.54) is 18.2 Å². The first-order valence-electron chi connectivity index (χ1n) is 5.09. The number of rotatable bonds is 6. The van der Waals surface area contributed by atoms with Crippen molar-refractivity contribution < 1.29 is 32.6 Å². The van der Waals surface area contributed by atoms with Crippen LogP contribution in [0.3, 0.4) is 0 Å². The molecule has 2 N–H and O–H groups in total. The highest BCUT2D eigenvalue weighted by Gasteiger charge is 2.33. The van der Waals surface area contributed by atoms with E-state index in [4.69, 9.17) is 5.11 Å². The zero-order valence-electron chi connectivity index (χ0n) is 9.48. The largest absolute Gasteiger partial charge is 0.573 e. The Morgan fingerprint density at radius 1 is 1.42 bits per heavy atom. The third-order valence-corrected chi connectivity index (χ3v) is 2.17. The number of carboxylic acids is 1. The van der Waals surface area contributed by atoms with Crippen molar-refractivity contribution in [1.29, 1.82) is 0 Å². The van der Waals surface area contributed by atoms with E-state index in [1.54, 1.807) is 0 Å². The van der Waals surface area contributed by atoms with Crippen LogP contribution in [0.2, 0.25) is 0 Å². The molecule has 8 heteroatoms. The molecule has 1 amide bonds. The minimum atomic E-state index is -4.90. The first-order chi connectivity index (χ1) is 8.83. The second-order valence-corrected chi connectivity index (χ2v) is 3.52. The summed E-state index contributed by atoms with van der Waals surface area (Å²) >= 11 is 0. The van der Waals surface area contributed by atoms with E-state index in [-0.39, 0.29) is 12.0 Å². The number of carboxylic acid groups (broad SMARTS) is 1. The van der Waals surface area contributed by atoms with Gasteiger partial charge in [-0.2, -0.15) is 0 Å². The third kappa shape index (κ3) is 4.86. The third-order valence-electron chi connectivity index (χ3n) is 2.17. The number of alkyl halides is 3. The van der Waals surface area contributed by atoms with Gasteiger partial charge < -0.3 is 15.2 Å². The van der Waals surface area contributed by atoms with Gasteiger partial charge in [0, 0.05) is 5.56 Å². The summed E-state index contributed by atoms with van der Waals surface area (Å²) in [6, 6.07) is 3.92. The minimum Gasteiger partial charge on any atom is -0.481 e. The van der Waals surface area contributed by atoms with Gasteiger partial charge in [0.05, 0.1) is 12.5 Å². The van der Waals surface area contributed by atoms with Crippen molar-refractivity contribution in [2.45, 2.75) is 18.8 Å². The topological polar surface area (TPSA) is 75.6 Å². The maximum atomic E-state index is 12.2. The molecular formula is C11H10F3NO4. The van der Waals surface area contributed by atoms with Crippen molar-refractivity contribution in [1.82, 2.24) is 5.32 Å². The Balaban J connectivity index is 3.07. The first-order valence-corrected chi connectivity index (χ1v) is 5.09. The van der Waals surface area contributed by atoms with E-state index in [0.29, 0.717) is 0 Å². The summed E-state index contributed by atoms with van der Waals surface area (Å²) in [7, 11) is 0. The standard InChI is InChI=1S/C11H10F3NO4/c12-11(13,14)19-9-4-2-1-3-7(9)8(15-6-16)5-10(17)18/h1-4,6,8H,5H2,(H,15,16)(H,17,18)/t8-/m0/s1. The second-order valence-electron chi connectivity index (χ2n) is 3.52. The lowest BCUT2D eigenvalue weighted by molar-refractivity contribution is -0.275. The summed E-state index contributed by atoms with van der Waals surface area (Å²) in [5.41, 5.74) is -0.0608. The van der Waals surface area contributed by atoms with Gasteiger partial charge in [-0.1, -0.05) is 18.2 Å². The van der Waals surface area contributed by atoms with E-state index >= 15 is 0 Å². The number of benzene rings is 1. The van der Waals surface area contributed by atoms with E-state index < -0.39 is 30.5 Å². The summed E-state index contributed by atoms with van der Waals surface area (Å²) in [6.07, 6.45) is -5.24. The van der Waals surface area contributed by atoms with Gasteiger partial charge in [-0.3, -0.25) is 9.59 Å². The fraction of sp³-hybridized carbons (Fsp3) is 0.273. The summed E-state index contributed by atoms with van der Waals surface area (Å²) in [4.78, 5) is 21.0. The van der Waals surface area contributed by atoms with Crippen LogP contribution < -0.4 is 10.1 Å². The van der Waals surface area contributed by atoms with Crippen LogP contribution in [0.25, 0.3) is 0 Å². The lowest BCUT2D eigenvalue weighted by Crippen LogP contribution is -2.25. The Bertz CT molecular complexity index is 461. The van der Waals surface area contributed by atoms with Gasteiger partial charge in [0.15, 0.2) is 0 Å². The molecule has 0 unspecified atom stereocenters. The van der Waals surface area contributed by atoms with Crippen LogP contribution >= 0.6 is 0 Å². The average Bonchev–Trinajstić information content (AvgIpc) is 2.26. The number of nitrogens with one attached hydrogen (secondary N) is 1. The Kier molecular flexibility index (Phi) is 4.74. The number of hydrogen-bond donors (Lipinski definition) is 2. The van der Waals surface area contributed by atoms with Crippen molar-refractivity contribution >= 4 is 12.4 Å². The number of halogens is 3. The zero-order valence-corrected chi connectivity index (χ0v) is 9.48. The Morgan fingerprint density at radius 2 is 2.05 bits per heavy atom. The van der Waals surface area contributed by atoms with Crippen LogP contribution in [0.4, 0.5) is 13.2 Å². The summed E-state index contributed by atoms with van der Waals surface area (Å²) in [5.74, 6) is -1.81. The Labute approximate surface area is 106 Å². The normalized spacial score (nSPS) is 12.6. The Hall–Kier alpha value is -2.25. The number of ether oxygens (including phenoxy) is 1. The van der Waals surface area contributed by atoms with Gasteiger partial charge in [0.2, 0.25) is 6.41 Å². The van der Waals surface area contributed by atoms with Crippen LogP contribution in [0, 0.1) is 0 Å². The van der Waals surface area contributed by atoms with Gasteiger partial charge in [-0.15, -0.1) is 13.2 Å². The molecule has 1 aromatic carbocycles. The number of hydrogen-bond acceptors (Lipinski definition) is 3. The molecule has 0 aliphatic heterocycles. The fourth-order valence-corrected chi connectivity index (χ4v) is 1.50. The number of aliphatic carboxylic acids is 1. The molecule has 19 heavy (non-hydrogen) atoms. The van der Waals surface area contributed by atoms with Crippen LogP contribution in [-0.2, 0) is 9.59 Å². The number of carbonyl (C=O) groups excluding carboxylic acids is 1. The van der Waals surface area contributed by atoms with Crippen molar-refractivity contribution in [3.05, 3.63) is 29.8 Å². The number of carbonyl (C=O) groups is 2. The van der Waals surface area contributed by atoms with Crippen LogP contribution in [0.1, 0.15) is 18.0 Å². The SMILES string of the molecule is O=CN[C@@H](CC(=O)O)c1ccccc1OC(F)(F)F. The van der Waals surface area contributed by atoms with Gasteiger partial charge in [-0.05, 0) is 6.07 Å². The molecule has 1 atom stereocenters. The molecule has 0 bridgehead atoms. The van der Waals surface area contributed by atoms with E-state index in [9.17, 15) is 22.8 Å². The summed E-state index contributed by atoms with van der Waals surface area (Å²) in [5, 5.41) is 10.8. The molecule has 1 rings (SSSR count). The quantitative estimate of drug-likeness (QED) is 0.778.